The van der Waals surface area contributed by atoms with Crippen molar-refractivity contribution in [3.05, 3.63) is 70.3 Å². The highest BCUT2D eigenvalue weighted by molar-refractivity contribution is 6.09. The third-order valence-electron chi connectivity index (χ3n) is 4.52. The van der Waals surface area contributed by atoms with Gasteiger partial charge in [0.2, 0.25) is 0 Å². The number of carbonyl (C=O) groups is 1. The van der Waals surface area contributed by atoms with Gasteiger partial charge in [-0.2, -0.15) is 0 Å². The molecule has 0 atom stereocenters. The second-order valence-electron chi connectivity index (χ2n) is 5.88. The molecule has 1 nitrogen and oxygen atoms in total. The highest BCUT2D eigenvalue weighted by atomic mass is 16.1. The molecule has 2 aromatic carbocycles. The van der Waals surface area contributed by atoms with E-state index < -0.39 is 0 Å². The molecular weight excluding hydrogens is 244 g/mol. The smallest absolute Gasteiger partial charge is 0.193 e. The van der Waals surface area contributed by atoms with Crippen LogP contribution in [0.3, 0.4) is 0 Å². The standard InChI is InChI=1S/C19H20O/c1-13-6-7-18(12-14(13)2)19(20)17-10-8-16(9-11-17)15-4-3-5-15/h6-12,15H,3-5H2,1-2H3. The van der Waals surface area contributed by atoms with E-state index in [4.69, 9.17) is 0 Å². The van der Waals surface area contributed by atoms with Crippen molar-refractivity contribution in [3.8, 4) is 0 Å². The summed E-state index contributed by atoms with van der Waals surface area (Å²) in [6.07, 6.45) is 3.93. The molecule has 1 heteroatoms. The Hall–Kier alpha value is -1.89. The molecule has 1 aliphatic rings. The van der Waals surface area contributed by atoms with E-state index in [1.165, 1.54) is 36.0 Å². The zero-order chi connectivity index (χ0) is 14.1. The van der Waals surface area contributed by atoms with Gasteiger partial charge in [0.1, 0.15) is 0 Å². The number of rotatable bonds is 3. The third-order valence-corrected chi connectivity index (χ3v) is 4.52. The van der Waals surface area contributed by atoms with Gasteiger partial charge in [-0.15, -0.1) is 0 Å². The fourth-order valence-electron chi connectivity index (χ4n) is 2.70. The van der Waals surface area contributed by atoms with E-state index in [0.29, 0.717) is 0 Å². The molecule has 0 spiro atoms. The van der Waals surface area contributed by atoms with Crippen molar-refractivity contribution in [1.29, 1.82) is 0 Å². The zero-order valence-electron chi connectivity index (χ0n) is 12.1. The zero-order valence-corrected chi connectivity index (χ0v) is 12.1. The third kappa shape index (κ3) is 2.40. The van der Waals surface area contributed by atoms with E-state index >= 15 is 0 Å². The van der Waals surface area contributed by atoms with Gasteiger partial charge in [0, 0.05) is 11.1 Å². The van der Waals surface area contributed by atoms with E-state index in [0.717, 1.165) is 17.0 Å². The average molecular weight is 264 g/mol. The first-order chi connectivity index (χ1) is 9.65. The molecule has 0 aliphatic heterocycles. The molecular formula is C19H20O. The van der Waals surface area contributed by atoms with Crippen LogP contribution in [0.2, 0.25) is 0 Å². The maximum atomic E-state index is 12.5. The van der Waals surface area contributed by atoms with Gasteiger partial charge in [0.15, 0.2) is 5.78 Å². The van der Waals surface area contributed by atoms with Crippen molar-refractivity contribution in [1.82, 2.24) is 0 Å². The maximum absolute atomic E-state index is 12.5. The van der Waals surface area contributed by atoms with Crippen molar-refractivity contribution in [2.75, 3.05) is 0 Å². The monoisotopic (exact) mass is 264 g/mol. The molecule has 0 N–H and O–H groups in total. The summed E-state index contributed by atoms with van der Waals surface area (Å²) in [6.45, 7) is 4.11. The van der Waals surface area contributed by atoms with Crippen LogP contribution >= 0.6 is 0 Å². The summed E-state index contributed by atoms with van der Waals surface area (Å²) >= 11 is 0. The average Bonchev–Trinajstić information content (AvgIpc) is 2.40. The van der Waals surface area contributed by atoms with Crippen molar-refractivity contribution in [3.63, 3.8) is 0 Å². The first kappa shape index (κ1) is 13.1. The topological polar surface area (TPSA) is 17.1 Å². The van der Waals surface area contributed by atoms with Crippen LogP contribution in [-0.4, -0.2) is 5.78 Å². The molecule has 1 fully saturated rings. The second-order valence-corrected chi connectivity index (χ2v) is 5.88. The summed E-state index contributed by atoms with van der Waals surface area (Å²) in [5.74, 6) is 0.842. The van der Waals surface area contributed by atoms with Gasteiger partial charge in [-0.1, -0.05) is 42.8 Å². The second kappa shape index (κ2) is 5.24. The minimum Gasteiger partial charge on any atom is -0.289 e. The Morgan fingerprint density at radius 1 is 0.900 bits per heavy atom. The van der Waals surface area contributed by atoms with Crippen LogP contribution in [0.5, 0.6) is 0 Å². The molecule has 0 radical (unpaired) electrons. The Balaban J connectivity index is 1.84. The molecule has 0 bridgehead atoms. The van der Waals surface area contributed by atoms with Crippen LogP contribution < -0.4 is 0 Å². The molecule has 2 aromatic rings. The molecule has 0 heterocycles. The predicted molar refractivity (Wildman–Crippen MR) is 82.4 cm³/mol. The first-order valence-corrected chi connectivity index (χ1v) is 7.37. The molecule has 0 saturated heterocycles. The Morgan fingerprint density at radius 3 is 2.10 bits per heavy atom. The number of hydrogen-bond donors (Lipinski definition) is 0. The Kier molecular flexibility index (Phi) is 3.43. The first-order valence-electron chi connectivity index (χ1n) is 7.37. The molecule has 0 amide bonds. The highest BCUT2D eigenvalue weighted by Crippen LogP contribution is 2.36. The van der Waals surface area contributed by atoms with Crippen LogP contribution in [0, 0.1) is 13.8 Å². The Morgan fingerprint density at radius 2 is 1.55 bits per heavy atom. The van der Waals surface area contributed by atoms with Gasteiger partial charge in [0.25, 0.3) is 0 Å². The quantitative estimate of drug-likeness (QED) is 0.728. The number of benzene rings is 2. The molecule has 0 unspecified atom stereocenters. The molecule has 0 aromatic heterocycles. The SMILES string of the molecule is Cc1ccc(C(=O)c2ccc(C3CCC3)cc2)cc1C. The van der Waals surface area contributed by atoms with E-state index in [1.807, 2.05) is 37.3 Å². The lowest BCUT2D eigenvalue weighted by atomic mass is 9.80. The summed E-state index contributed by atoms with van der Waals surface area (Å²) in [5, 5.41) is 0. The van der Waals surface area contributed by atoms with Gasteiger partial charge in [0.05, 0.1) is 0 Å². The van der Waals surface area contributed by atoms with Crippen molar-refractivity contribution in [2.45, 2.75) is 39.0 Å². The minimum absolute atomic E-state index is 0.119. The van der Waals surface area contributed by atoms with Gasteiger partial charge in [-0.25, -0.2) is 0 Å². The summed E-state index contributed by atoms with van der Waals surface area (Å²) < 4.78 is 0. The lowest BCUT2D eigenvalue weighted by Gasteiger charge is -2.25. The molecule has 102 valence electrons. The Labute approximate surface area is 120 Å². The van der Waals surface area contributed by atoms with E-state index in [-0.39, 0.29) is 5.78 Å². The van der Waals surface area contributed by atoms with Crippen LogP contribution in [0.1, 0.15) is 57.8 Å². The normalized spacial score (nSPS) is 14.9. The summed E-state index contributed by atoms with van der Waals surface area (Å²) in [7, 11) is 0. The lowest BCUT2D eigenvalue weighted by molar-refractivity contribution is 0.103. The molecule has 1 saturated carbocycles. The largest absolute Gasteiger partial charge is 0.289 e. The molecule has 3 rings (SSSR count). The lowest BCUT2D eigenvalue weighted by Crippen LogP contribution is -2.09. The van der Waals surface area contributed by atoms with Crippen LogP contribution in [-0.2, 0) is 0 Å². The number of aryl methyl sites for hydroxylation is 2. The van der Waals surface area contributed by atoms with Gasteiger partial charge in [-0.3, -0.25) is 4.79 Å². The van der Waals surface area contributed by atoms with Gasteiger partial charge in [-0.05, 0) is 55.4 Å². The molecule has 1 aliphatic carbocycles. The van der Waals surface area contributed by atoms with Crippen LogP contribution in [0.25, 0.3) is 0 Å². The fourth-order valence-corrected chi connectivity index (χ4v) is 2.70. The minimum atomic E-state index is 0.119. The maximum Gasteiger partial charge on any atom is 0.193 e. The van der Waals surface area contributed by atoms with Crippen molar-refractivity contribution in [2.24, 2.45) is 0 Å². The van der Waals surface area contributed by atoms with E-state index in [9.17, 15) is 4.79 Å². The van der Waals surface area contributed by atoms with E-state index in [1.54, 1.807) is 0 Å². The Bertz CT molecular complexity index is 633. The predicted octanol–water partition coefficient (Wildman–Crippen LogP) is 4.80. The van der Waals surface area contributed by atoms with Crippen molar-refractivity contribution >= 4 is 5.78 Å². The number of carbonyl (C=O) groups excluding carboxylic acids is 1. The summed E-state index contributed by atoms with van der Waals surface area (Å²) in [4.78, 5) is 12.5. The highest BCUT2D eigenvalue weighted by Gasteiger charge is 2.19. The van der Waals surface area contributed by atoms with Crippen LogP contribution in [0.4, 0.5) is 0 Å². The number of ketones is 1. The number of hydrogen-bond acceptors (Lipinski definition) is 1. The van der Waals surface area contributed by atoms with E-state index in [2.05, 4.69) is 19.1 Å². The summed E-state index contributed by atoms with van der Waals surface area (Å²) in [6, 6.07) is 14.1. The van der Waals surface area contributed by atoms with Crippen molar-refractivity contribution < 1.29 is 4.79 Å². The van der Waals surface area contributed by atoms with Crippen LogP contribution in [0.15, 0.2) is 42.5 Å². The van der Waals surface area contributed by atoms with Gasteiger partial charge < -0.3 is 0 Å². The van der Waals surface area contributed by atoms with Gasteiger partial charge >= 0.3 is 0 Å². The summed E-state index contributed by atoms with van der Waals surface area (Å²) in [5.41, 5.74) is 5.34. The fraction of sp³-hybridized carbons (Fsp3) is 0.316. The molecule has 20 heavy (non-hydrogen) atoms.